The van der Waals surface area contributed by atoms with E-state index in [9.17, 15) is 22.8 Å². The fourth-order valence-electron chi connectivity index (χ4n) is 8.63. The lowest BCUT2D eigenvalue weighted by molar-refractivity contribution is -0.174. The highest BCUT2D eigenvalue weighted by molar-refractivity contribution is 7.85. The van der Waals surface area contributed by atoms with Gasteiger partial charge in [0, 0.05) is 38.1 Å². The number of ketones is 2. The topological polar surface area (TPSA) is 118 Å². The van der Waals surface area contributed by atoms with Gasteiger partial charge < -0.3 is 5.32 Å². The van der Waals surface area contributed by atoms with Gasteiger partial charge >= 0.3 is 0 Å². The Bertz CT molecular complexity index is 962. The molecule has 4 rings (SSSR count). The summed E-state index contributed by atoms with van der Waals surface area (Å²) in [4.78, 5) is 37.9. The molecular weight excluding hydrogens is 454 g/mol. The molecular formula is C26H41NO6S. The molecule has 1 amide bonds. The Labute approximate surface area is 204 Å². The minimum Gasteiger partial charge on any atom is -0.355 e. The van der Waals surface area contributed by atoms with Gasteiger partial charge in [0.15, 0.2) is 0 Å². The molecule has 8 heteroatoms. The highest BCUT2D eigenvalue weighted by Gasteiger charge is 2.65. The second-order valence-corrected chi connectivity index (χ2v) is 14.0. The molecule has 0 aliphatic heterocycles. The standard InChI is InChI=1S/C26H41NO6S/c1-24-15-18(28)9-12-26(24,3)20-10-11-25(2)17(7-8-19(25)23(20)21(29)16-24)5-4-6-22(30)27-13-14-34(31,32)33/h17,19-20,23H,4-16H2,1-3H3,(H,27,30)(H,31,32,33). The molecule has 4 saturated carbocycles. The lowest BCUT2D eigenvalue weighted by Crippen LogP contribution is -2.60. The van der Waals surface area contributed by atoms with E-state index in [1.165, 1.54) is 0 Å². The van der Waals surface area contributed by atoms with E-state index in [2.05, 4.69) is 26.1 Å². The Morgan fingerprint density at radius 1 is 1.06 bits per heavy atom. The van der Waals surface area contributed by atoms with Gasteiger partial charge in [-0.3, -0.25) is 18.9 Å². The molecule has 0 aromatic rings. The minimum atomic E-state index is -4.07. The second kappa shape index (κ2) is 8.99. The molecule has 34 heavy (non-hydrogen) atoms. The number of hydrogen-bond donors (Lipinski definition) is 2. The van der Waals surface area contributed by atoms with E-state index < -0.39 is 15.9 Å². The van der Waals surface area contributed by atoms with Crippen molar-refractivity contribution in [3.63, 3.8) is 0 Å². The van der Waals surface area contributed by atoms with Crippen molar-refractivity contribution in [2.24, 2.45) is 39.9 Å². The maximum Gasteiger partial charge on any atom is 0.266 e. The first-order valence-electron chi connectivity index (χ1n) is 13.1. The molecule has 0 saturated heterocycles. The van der Waals surface area contributed by atoms with Gasteiger partial charge in [0.25, 0.3) is 10.1 Å². The van der Waals surface area contributed by atoms with Crippen LogP contribution in [0, 0.1) is 39.9 Å². The molecule has 2 N–H and O–H groups in total. The lowest BCUT2D eigenvalue weighted by atomic mass is 9.40. The van der Waals surface area contributed by atoms with E-state index in [1.54, 1.807) is 0 Å². The average molecular weight is 496 g/mol. The van der Waals surface area contributed by atoms with Crippen LogP contribution in [-0.4, -0.2) is 42.7 Å². The Morgan fingerprint density at radius 2 is 1.79 bits per heavy atom. The summed E-state index contributed by atoms with van der Waals surface area (Å²) in [5, 5.41) is 2.56. The van der Waals surface area contributed by atoms with E-state index in [-0.39, 0.29) is 34.6 Å². The number of amides is 1. The van der Waals surface area contributed by atoms with Crippen molar-refractivity contribution in [1.82, 2.24) is 5.32 Å². The van der Waals surface area contributed by atoms with E-state index in [1.807, 2.05) is 0 Å². The zero-order valence-corrected chi connectivity index (χ0v) is 21.7. The van der Waals surface area contributed by atoms with Crippen LogP contribution in [0.25, 0.3) is 0 Å². The molecule has 0 heterocycles. The van der Waals surface area contributed by atoms with E-state index in [0.29, 0.717) is 55.0 Å². The highest BCUT2D eigenvalue weighted by atomic mass is 32.2. The van der Waals surface area contributed by atoms with E-state index in [0.717, 1.165) is 44.9 Å². The first kappa shape index (κ1) is 25.8. The van der Waals surface area contributed by atoms with Crippen molar-refractivity contribution in [2.75, 3.05) is 12.3 Å². The van der Waals surface area contributed by atoms with Crippen molar-refractivity contribution in [3.05, 3.63) is 0 Å². The Morgan fingerprint density at radius 3 is 2.50 bits per heavy atom. The van der Waals surface area contributed by atoms with Crippen LogP contribution in [0.3, 0.4) is 0 Å². The number of rotatable bonds is 7. The van der Waals surface area contributed by atoms with Crippen LogP contribution in [0.1, 0.15) is 91.4 Å². The second-order valence-electron chi connectivity index (χ2n) is 12.4. The number of Topliss-reactive ketones (excluding diaryl/α,β-unsaturated/α-hetero) is 2. The van der Waals surface area contributed by atoms with Crippen LogP contribution >= 0.6 is 0 Å². The lowest BCUT2D eigenvalue weighted by Gasteiger charge is -2.63. The zero-order chi connectivity index (χ0) is 24.9. The van der Waals surface area contributed by atoms with Crippen LogP contribution in [0.15, 0.2) is 0 Å². The summed E-state index contributed by atoms with van der Waals surface area (Å²) in [5.41, 5.74) is -0.0268. The normalized spacial score (nSPS) is 42.0. The van der Waals surface area contributed by atoms with Crippen LogP contribution < -0.4 is 5.32 Å². The molecule has 0 aromatic heterocycles. The number of fused-ring (bicyclic) bond motifs is 5. The van der Waals surface area contributed by atoms with Crippen molar-refractivity contribution in [2.45, 2.75) is 91.4 Å². The molecule has 4 fully saturated rings. The van der Waals surface area contributed by atoms with Crippen molar-refractivity contribution in [3.8, 4) is 0 Å². The van der Waals surface area contributed by atoms with Gasteiger partial charge in [-0.1, -0.05) is 20.8 Å². The summed E-state index contributed by atoms with van der Waals surface area (Å²) in [6.45, 7) is 6.84. The third kappa shape index (κ3) is 4.49. The van der Waals surface area contributed by atoms with E-state index >= 15 is 0 Å². The number of carbonyl (C=O) groups is 3. The van der Waals surface area contributed by atoms with Crippen LogP contribution in [0.5, 0.6) is 0 Å². The molecule has 4 aliphatic carbocycles. The molecule has 0 bridgehead atoms. The van der Waals surface area contributed by atoms with Crippen LogP contribution in [0.2, 0.25) is 0 Å². The van der Waals surface area contributed by atoms with Gasteiger partial charge in [-0.15, -0.1) is 0 Å². The first-order chi connectivity index (χ1) is 15.8. The molecule has 7 atom stereocenters. The first-order valence-corrected chi connectivity index (χ1v) is 14.7. The van der Waals surface area contributed by atoms with Gasteiger partial charge in [-0.25, -0.2) is 0 Å². The van der Waals surface area contributed by atoms with Gasteiger partial charge in [0.05, 0.1) is 5.75 Å². The van der Waals surface area contributed by atoms with Crippen LogP contribution in [-0.2, 0) is 24.5 Å². The molecule has 7 unspecified atom stereocenters. The summed E-state index contributed by atoms with van der Waals surface area (Å²) >= 11 is 0. The predicted octanol–water partition coefficient (Wildman–Crippen LogP) is 3.96. The van der Waals surface area contributed by atoms with Gasteiger partial charge in [-0.05, 0) is 78.9 Å². The maximum atomic E-state index is 13.6. The minimum absolute atomic E-state index is 0.0546. The maximum absolute atomic E-state index is 13.6. The van der Waals surface area contributed by atoms with Crippen molar-refractivity contribution >= 4 is 27.6 Å². The average Bonchev–Trinajstić information content (AvgIpc) is 3.05. The number of nitrogens with one attached hydrogen (secondary N) is 1. The van der Waals surface area contributed by atoms with Gasteiger partial charge in [-0.2, -0.15) is 8.42 Å². The Balaban J connectivity index is 1.38. The van der Waals surface area contributed by atoms with Crippen molar-refractivity contribution < 1.29 is 27.4 Å². The fraction of sp³-hybridized carbons (Fsp3) is 0.885. The van der Waals surface area contributed by atoms with E-state index in [4.69, 9.17) is 4.55 Å². The van der Waals surface area contributed by atoms with Crippen LogP contribution in [0.4, 0.5) is 0 Å². The monoisotopic (exact) mass is 495 g/mol. The summed E-state index contributed by atoms with van der Waals surface area (Å²) in [7, 11) is -4.07. The molecule has 192 valence electrons. The summed E-state index contributed by atoms with van der Waals surface area (Å²) in [6, 6.07) is 0. The summed E-state index contributed by atoms with van der Waals surface area (Å²) < 4.78 is 30.4. The Hall–Kier alpha value is -1.28. The molecule has 0 spiro atoms. The highest BCUT2D eigenvalue weighted by Crippen LogP contribution is 2.69. The largest absolute Gasteiger partial charge is 0.355 e. The third-order valence-electron chi connectivity index (χ3n) is 10.7. The van der Waals surface area contributed by atoms with Gasteiger partial charge in [0.1, 0.15) is 11.6 Å². The SMILES string of the molecule is CC12CCC3C(C(=O)CC4(C)CC(=O)CCC34C)C1CCC2CCCC(=O)NCCS(=O)(=O)O. The summed E-state index contributed by atoms with van der Waals surface area (Å²) in [5.74, 6) is 1.41. The summed E-state index contributed by atoms with van der Waals surface area (Å²) in [6.07, 6.45) is 9.00. The fourth-order valence-corrected chi connectivity index (χ4v) is 8.99. The molecule has 0 radical (unpaired) electrons. The zero-order valence-electron chi connectivity index (χ0n) is 20.9. The number of hydrogen-bond acceptors (Lipinski definition) is 5. The molecule has 7 nitrogen and oxygen atoms in total. The third-order valence-corrected chi connectivity index (χ3v) is 11.5. The Kier molecular flexibility index (Phi) is 6.82. The predicted molar refractivity (Wildman–Crippen MR) is 129 cm³/mol. The van der Waals surface area contributed by atoms with Gasteiger partial charge in [0.2, 0.25) is 5.91 Å². The van der Waals surface area contributed by atoms with Crippen molar-refractivity contribution in [1.29, 1.82) is 0 Å². The molecule has 0 aromatic carbocycles. The smallest absolute Gasteiger partial charge is 0.266 e. The number of carbonyl (C=O) groups excluding carboxylic acids is 3. The molecule has 4 aliphatic rings. The quantitative estimate of drug-likeness (QED) is 0.516.